The average Bonchev–Trinajstić information content (AvgIpc) is 2.22. The van der Waals surface area contributed by atoms with Crippen molar-refractivity contribution in [2.24, 2.45) is 0 Å². The number of rotatable bonds is 4. The third-order valence-corrected chi connectivity index (χ3v) is 2.52. The summed E-state index contributed by atoms with van der Waals surface area (Å²) in [6.45, 7) is 2.13. The molecule has 2 nitrogen and oxygen atoms in total. The molecule has 1 N–H and O–H groups in total. The van der Waals surface area contributed by atoms with Gasteiger partial charge in [0.25, 0.3) is 0 Å². The van der Waals surface area contributed by atoms with E-state index in [1.54, 1.807) is 18.2 Å². The molecule has 0 aliphatic rings. The van der Waals surface area contributed by atoms with Gasteiger partial charge in [0, 0.05) is 23.5 Å². The Morgan fingerprint density at radius 2 is 2.19 bits per heavy atom. The molecule has 1 rings (SSSR count). The zero-order valence-corrected chi connectivity index (χ0v) is 10.5. The Morgan fingerprint density at radius 3 is 2.88 bits per heavy atom. The average molecular weight is 258 g/mol. The molecule has 0 saturated heterocycles. The van der Waals surface area contributed by atoms with Crippen molar-refractivity contribution in [1.29, 1.82) is 0 Å². The fraction of sp³-hybridized carbons (Fsp3) is 0.250. The number of nitrogens with one attached hydrogen (secondary N) is 1. The van der Waals surface area contributed by atoms with E-state index in [0.29, 0.717) is 16.6 Å². The summed E-state index contributed by atoms with van der Waals surface area (Å²) in [7, 11) is 0. The van der Waals surface area contributed by atoms with Gasteiger partial charge in [0.2, 0.25) is 5.91 Å². The van der Waals surface area contributed by atoms with Crippen LogP contribution in [0.1, 0.15) is 18.9 Å². The fourth-order valence-corrected chi connectivity index (χ4v) is 1.55. The lowest BCUT2D eigenvalue weighted by atomic mass is 10.2. The lowest BCUT2D eigenvalue weighted by Crippen LogP contribution is -2.20. The van der Waals surface area contributed by atoms with Crippen molar-refractivity contribution >= 4 is 35.2 Å². The summed E-state index contributed by atoms with van der Waals surface area (Å²) in [4.78, 5) is 10.6. The van der Waals surface area contributed by atoms with E-state index in [1.165, 1.54) is 6.92 Å². The molecule has 0 saturated carbocycles. The minimum Gasteiger partial charge on any atom is -0.356 e. The molecule has 86 valence electrons. The van der Waals surface area contributed by atoms with Crippen LogP contribution in [0.2, 0.25) is 10.0 Å². The summed E-state index contributed by atoms with van der Waals surface area (Å²) in [6, 6.07) is 5.31. The Balaban J connectivity index is 2.49. The highest BCUT2D eigenvalue weighted by Crippen LogP contribution is 2.21. The summed E-state index contributed by atoms with van der Waals surface area (Å²) in [6.07, 6.45) is 4.62. The number of carbonyl (C=O) groups excluding carboxylic acids is 1. The number of carbonyl (C=O) groups is 1. The molecular formula is C12H13Cl2NO. The highest BCUT2D eigenvalue weighted by Gasteiger charge is 1.96. The molecule has 0 heterocycles. The topological polar surface area (TPSA) is 29.1 Å². The summed E-state index contributed by atoms with van der Waals surface area (Å²) >= 11 is 11.8. The van der Waals surface area contributed by atoms with Gasteiger partial charge in [0.05, 0.1) is 0 Å². The van der Waals surface area contributed by atoms with Crippen LogP contribution in [-0.2, 0) is 4.79 Å². The van der Waals surface area contributed by atoms with E-state index in [4.69, 9.17) is 23.2 Å². The summed E-state index contributed by atoms with van der Waals surface area (Å²) in [5.74, 6) is -0.0193. The van der Waals surface area contributed by atoms with Gasteiger partial charge in [0.15, 0.2) is 0 Å². The molecule has 0 spiro atoms. The fourth-order valence-electron chi connectivity index (χ4n) is 1.18. The quantitative estimate of drug-likeness (QED) is 0.822. The van der Waals surface area contributed by atoms with Crippen molar-refractivity contribution in [3.63, 3.8) is 0 Å². The predicted octanol–water partition coefficient (Wildman–Crippen LogP) is 3.53. The predicted molar refractivity (Wildman–Crippen MR) is 68.8 cm³/mol. The van der Waals surface area contributed by atoms with Crippen LogP contribution < -0.4 is 5.32 Å². The molecule has 4 heteroatoms. The third-order valence-electron chi connectivity index (χ3n) is 1.94. The van der Waals surface area contributed by atoms with Gasteiger partial charge in [-0.05, 0) is 30.2 Å². The highest BCUT2D eigenvalue weighted by molar-refractivity contribution is 6.34. The van der Waals surface area contributed by atoms with E-state index in [9.17, 15) is 4.79 Å². The SMILES string of the molecule is CC(=O)NCCC=Cc1cc(Cl)ccc1Cl. The lowest BCUT2D eigenvalue weighted by Gasteiger charge is -1.99. The second-order valence-corrected chi connectivity index (χ2v) is 4.18. The van der Waals surface area contributed by atoms with Crippen molar-refractivity contribution in [2.45, 2.75) is 13.3 Å². The van der Waals surface area contributed by atoms with Crippen LogP contribution in [-0.4, -0.2) is 12.5 Å². The van der Waals surface area contributed by atoms with Gasteiger partial charge in [-0.3, -0.25) is 4.79 Å². The van der Waals surface area contributed by atoms with E-state index < -0.39 is 0 Å². The molecule has 1 aromatic carbocycles. The third kappa shape index (κ3) is 4.69. The van der Waals surface area contributed by atoms with Crippen LogP contribution in [0.15, 0.2) is 24.3 Å². The molecule has 0 atom stereocenters. The minimum atomic E-state index is -0.0193. The zero-order chi connectivity index (χ0) is 12.0. The first-order chi connectivity index (χ1) is 7.59. The molecule has 0 unspecified atom stereocenters. The Morgan fingerprint density at radius 1 is 1.44 bits per heavy atom. The maximum absolute atomic E-state index is 10.6. The molecular weight excluding hydrogens is 245 g/mol. The first kappa shape index (κ1) is 13.1. The zero-order valence-electron chi connectivity index (χ0n) is 8.97. The van der Waals surface area contributed by atoms with E-state index >= 15 is 0 Å². The number of amides is 1. The van der Waals surface area contributed by atoms with Gasteiger partial charge in [-0.1, -0.05) is 35.4 Å². The first-order valence-electron chi connectivity index (χ1n) is 4.95. The second-order valence-electron chi connectivity index (χ2n) is 3.34. The van der Waals surface area contributed by atoms with E-state index in [0.717, 1.165) is 12.0 Å². The van der Waals surface area contributed by atoms with Gasteiger partial charge >= 0.3 is 0 Å². The normalized spacial score (nSPS) is 10.7. The molecule has 0 radical (unpaired) electrons. The molecule has 0 fully saturated rings. The first-order valence-corrected chi connectivity index (χ1v) is 5.71. The standard InChI is InChI=1S/C12H13Cl2NO/c1-9(16)15-7-3-2-4-10-8-11(13)5-6-12(10)14/h2,4-6,8H,3,7H2,1H3,(H,15,16). The molecule has 1 amide bonds. The monoisotopic (exact) mass is 257 g/mol. The van der Waals surface area contributed by atoms with Gasteiger partial charge in [-0.2, -0.15) is 0 Å². The Bertz CT molecular complexity index is 402. The summed E-state index contributed by atoms with van der Waals surface area (Å²) < 4.78 is 0. The number of benzene rings is 1. The van der Waals surface area contributed by atoms with Crippen LogP contribution in [0.3, 0.4) is 0 Å². The lowest BCUT2D eigenvalue weighted by molar-refractivity contribution is -0.118. The maximum atomic E-state index is 10.6. The molecule has 1 aromatic rings. The van der Waals surface area contributed by atoms with E-state index in [-0.39, 0.29) is 5.91 Å². The second kappa shape index (κ2) is 6.56. The highest BCUT2D eigenvalue weighted by atomic mass is 35.5. The molecule has 0 bridgehead atoms. The molecule has 0 aliphatic carbocycles. The summed E-state index contributed by atoms with van der Waals surface area (Å²) in [5.41, 5.74) is 0.886. The van der Waals surface area contributed by atoms with Crippen molar-refractivity contribution in [3.05, 3.63) is 39.9 Å². The maximum Gasteiger partial charge on any atom is 0.216 e. The van der Waals surface area contributed by atoms with Gasteiger partial charge < -0.3 is 5.32 Å². The van der Waals surface area contributed by atoms with Crippen molar-refractivity contribution in [3.8, 4) is 0 Å². The largest absolute Gasteiger partial charge is 0.356 e. The van der Waals surface area contributed by atoms with Crippen molar-refractivity contribution in [2.75, 3.05) is 6.54 Å². The summed E-state index contributed by atoms with van der Waals surface area (Å²) in [5, 5.41) is 4.03. The van der Waals surface area contributed by atoms with Gasteiger partial charge in [-0.15, -0.1) is 0 Å². The van der Waals surface area contributed by atoms with Crippen molar-refractivity contribution < 1.29 is 4.79 Å². The van der Waals surface area contributed by atoms with Crippen LogP contribution in [0, 0.1) is 0 Å². The van der Waals surface area contributed by atoms with Gasteiger partial charge in [-0.25, -0.2) is 0 Å². The molecule has 16 heavy (non-hydrogen) atoms. The van der Waals surface area contributed by atoms with Gasteiger partial charge in [0.1, 0.15) is 0 Å². The minimum absolute atomic E-state index is 0.0193. The van der Waals surface area contributed by atoms with Crippen LogP contribution in [0.4, 0.5) is 0 Å². The Kier molecular flexibility index (Phi) is 5.36. The van der Waals surface area contributed by atoms with E-state index in [1.807, 2.05) is 12.2 Å². The van der Waals surface area contributed by atoms with Crippen LogP contribution in [0.25, 0.3) is 6.08 Å². The van der Waals surface area contributed by atoms with Crippen LogP contribution >= 0.6 is 23.2 Å². The smallest absolute Gasteiger partial charge is 0.216 e. The van der Waals surface area contributed by atoms with Crippen LogP contribution in [0.5, 0.6) is 0 Å². The molecule has 0 aromatic heterocycles. The van der Waals surface area contributed by atoms with Crippen molar-refractivity contribution in [1.82, 2.24) is 5.32 Å². The Hall–Kier alpha value is -0.990. The Labute approximate surface area is 105 Å². The molecule has 0 aliphatic heterocycles. The van der Waals surface area contributed by atoms with E-state index in [2.05, 4.69) is 5.32 Å². The number of hydrogen-bond acceptors (Lipinski definition) is 1. The number of hydrogen-bond donors (Lipinski definition) is 1. The number of halogens is 2.